The molecule has 0 N–H and O–H groups in total. The van der Waals surface area contributed by atoms with Crippen molar-refractivity contribution in [1.82, 2.24) is 4.57 Å². The lowest BCUT2D eigenvalue weighted by Crippen LogP contribution is -2.39. The highest BCUT2D eigenvalue weighted by atomic mass is 32.1. The van der Waals surface area contributed by atoms with Gasteiger partial charge in [-0.15, -0.1) is 0 Å². The number of nitrogens with zero attached hydrogens (tertiary/aromatic N) is 3. The van der Waals surface area contributed by atoms with Crippen molar-refractivity contribution < 1.29 is 19.2 Å². The molecule has 0 saturated heterocycles. The van der Waals surface area contributed by atoms with Crippen LogP contribution in [0.15, 0.2) is 69.6 Å². The lowest BCUT2D eigenvalue weighted by atomic mass is 9.96. The van der Waals surface area contributed by atoms with E-state index in [4.69, 9.17) is 9.47 Å². The standard InChI is InChI=1S/C24H21N3O6S/c1-4-33-23(29)20-14(2)25-24-26(21(20)15-8-6-5-7-9-15)22(28)19(34-24)13-16-12-17(27(30)31)10-11-18(16)32-3/h5-13,21H,4H2,1-3H3/b19-13+/t21-/m0/s1. The summed E-state index contributed by atoms with van der Waals surface area (Å²) in [4.78, 5) is 42.1. The van der Waals surface area contributed by atoms with E-state index in [0.29, 0.717) is 31.9 Å². The zero-order valence-corrected chi connectivity index (χ0v) is 19.5. The lowest BCUT2D eigenvalue weighted by Gasteiger charge is -2.24. The van der Waals surface area contributed by atoms with Gasteiger partial charge in [0.25, 0.3) is 11.2 Å². The Labute approximate surface area is 198 Å². The fraction of sp³-hybridized carbons (Fsp3) is 0.208. The summed E-state index contributed by atoms with van der Waals surface area (Å²) in [7, 11) is 1.45. The van der Waals surface area contributed by atoms with Gasteiger partial charge in [0.15, 0.2) is 4.80 Å². The first-order chi connectivity index (χ1) is 16.3. The lowest BCUT2D eigenvalue weighted by molar-refractivity contribution is -0.384. The summed E-state index contributed by atoms with van der Waals surface area (Å²) >= 11 is 1.14. The quantitative estimate of drug-likeness (QED) is 0.305. The molecule has 34 heavy (non-hydrogen) atoms. The van der Waals surface area contributed by atoms with Gasteiger partial charge >= 0.3 is 5.97 Å². The minimum atomic E-state index is -0.717. The van der Waals surface area contributed by atoms with E-state index in [2.05, 4.69) is 4.99 Å². The Morgan fingerprint density at radius 1 is 1.26 bits per heavy atom. The maximum Gasteiger partial charge on any atom is 0.338 e. The van der Waals surface area contributed by atoms with Gasteiger partial charge in [-0.05, 0) is 31.6 Å². The SMILES string of the molecule is CCOC(=O)C1=C(C)N=c2s/c(=C/c3cc([N+](=O)[O-])ccc3OC)c(=O)n2[C@H]1c1ccccc1. The Morgan fingerprint density at radius 3 is 2.65 bits per heavy atom. The first kappa shape index (κ1) is 23.1. The molecular weight excluding hydrogens is 458 g/mol. The van der Waals surface area contributed by atoms with Crippen molar-refractivity contribution in [3.8, 4) is 5.75 Å². The van der Waals surface area contributed by atoms with Gasteiger partial charge in [0, 0.05) is 17.7 Å². The molecule has 2 aromatic carbocycles. The maximum absolute atomic E-state index is 13.6. The third-order valence-electron chi connectivity index (χ3n) is 5.34. The normalized spacial score (nSPS) is 15.5. The number of allylic oxidation sites excluding steroid dienone is 1. The number of nitro benzene ring substituents is 1. The molecule has 0 spiro atoms. The van der Waals surface area contributed by atoms with E-state index in [-0.39, 0.29) is 17.9 Å². The molecule has 0 amide bonds. The highest BCUT2D eigenvalue weighted by Crippen LogP contribution is 2.30. The van der Waals surface area contributed by atoms with Crippen molar-refractivity contribution in [2.24, 2.45) is 4.99 Å². The number of carbonyl (C=O) groups excluding carboxylic acids is 1. The first-order valence-corrected chi connectivity index (χ1v) is 11.2. The molecule has 9 nitrogen and oxygen atoms in total. The Balaban J connectivity index is 1.97. The first-order valence-electron chi connectivity index (χ1n) is 10.4. The van der Waals surface area contributed by atoms with Gasteiger partial charge in [-0.3, -0.25) is 19.5 Å². The summed E-state index contributed by atoms with van der Waals surface area (Å²) in [6, 6.07) is 12.6. The molecule has 10 heteroatoms. The van der Waals surface area contributed by atoms with Crippen molar-refractivity contribution in [1.29, 1.82) is 0 Å². The van der Waals surface area contributed by atoms with Gasteiger partial charge in [0.05, 0.1) is 40.5 Å². The minimum Gasteiger partial charge on any atom is -0.496 e. The van der Waals surface area contributed by atoms with Crippen LogP contribution in [0.4, 0.5) is 5.69 Å². The molecule has 3 aromatic rings. The second-order valence-electron chi connectivity index (χ2n) is 7.40. The Morgan fingerprint density at radius 2 is 2.00 bits per heavy atom. The van der Waals surface area contributed by atoms with Gasteiger partial charge in [-0.2, -0.15) is 0 Å². The van der Waals surface area contributed by atoms with Crippen LogP contribution in [0, 0.1) is 10.1 Å². The van der Waals surface area contributed by atoms with Crippen LogP contribution in [-0.2, 0) is 9.53 Å². The van der Waals surface area contributed by atoms with Crippen molar-refractivity contribution in [2.75, 3.05) is 13.7 Å². The van der Waals surface area contributed by atoms with Crippen molar-refractivity contribution in [2.45, 2.75) is 19.9 Å². The molecule has 0 aliphatic carbocycles. The number of methoxy groups -OCH3 is 1. The maximum atomic E-state index is 13.6. The second kappa shape index (κ2) is 9.44. The number of fused-ring (bicyclic) bond motifs is 1. The van der Waals surface area contributed by atoms with Crippen molar-refractivity contribution in [3.63, 3.8) is 0 Å². The highest BCUT2D eigenvalue weighted by molar-refractivity contribution is 7.07. The molecule has 1 aliphatic rings. The second-order valence-corrected chi connectivity index (χ2v) is 8.41. The molecular formula is C24H21N3O6S. The van der Waals surface area contributed by atoms with E-state index in [9.17, 15) is 19.7 Å². The van der Waals surface area contributed by atoms with Gasteiger partial charge in [-0.25, -0.2) is 9.79 Å². The molecule has 1 atom stereocenters. The summed E-state index contributed by atoms with van der Waals surface area (Å²) in [5.74, 6) is -0.147. The zero-order chi connectivity index (χ0) is 24.4. The Kier molecular flexibility index (Phi) is 6.42. The van der Waals surface area contributed by atoms with Gasteiger partial charge in [0.2, 0.25) is 0 Å². The van der Waals surface area contributed by atoms with Crippen LogP contribution in [-0.4, -0.2) is 29.2 Å². The van der Waals surface area contributed by atoms with E-state index in [1.165, 1.54) is 29.9 Å². The van der Waals surface area contributed by atoms with Crippen LogP contribution in [0.5, 0.6) is 5.75 Å². The van der Waals surface area contributed by atoms with Crippen LogP contribution < -0.4 is 19.6 Å². The molecule has 1 aliphatic heterocycles. The zero-order valence-electron chi connectivity index (χ0n) is 18.7. The summed E-state index contributed by atoms with van der Waals surface area (Å²) in [5.41, 5.74) is 1.39. The molecule has 4 rings (SSSR count). The van der Waals surface area contributed by atoms with Crippen LogP contribution in [0.1, 0.15) is 31.0 Å². The van der Waals surface area contributed by atoms with Crippen LogP contribution in [0.2, 0.25) is 0 Å². The predicted octanol–water partition coefficient (Wildman–Crippen LogP) is 2.72. The molecule has 0 radical (unpaired) electrons. The van der Waals surface area contributed by atoms with Gasteiger partial charge in [0.1, 0.15) is 5.75 Å². The number of nitro groups is 1. The molecule has 1 aromatic heterocycles. The number of carbonyl (C=O) groups is 1. The predicted molar refractivity (Wildman–Crippen MR) is 126 cm³/mol. The topological polar surface area (TPSA) is 113 Å². The van der Waals surface area contributed by atoms with Crippen LogP contribution in [0.25, 0.3) is 6.08 Å². The number of aromatic nitrogens is 1. The van der Waals surface area contributed by atoms with Gasteiger partial charge in [-0.1, -0.05) is 41.7 Å². The molecule has 0 fully saturated rings. The molecule has 0 saturated carbocycles. The van der Waals surface area contributed by atoms with Crippen LogP contribution >= 0.6 is 11.3 Å². The largest absolute Gasteiger partial charge is 0.496 e. The van der Waals surface area contributed by atoms with Crippen molar-refractivity contribution in [3.05, 3.63) is 101 Å². The van der Waals surface area contributed by atoms with E-state index in [1.54, 1.807) is 19.9 Å². The number of rotatable bonds is 6. The van der Waals surface area contributed by atoms with E-state index >= 15 is 0 Å². The summed E-state index contributed by atoms with van der Waals surface area (Å²) in [5, 5.41) is 11.2. The Hall–Kier alpha value is -4.05. The average Bonchev–Trinajstić information content (AvgIpc) is 3.13. The minimum absolute atomic E-state index is 0.123. The molecule has 2 heterocycles. The number of benzene rings is 2. The molecule has 174 valence electrons. The third-order valence-corrected chi connectivity index (χ3v) is 6.33. The number of non-ortho nitro benzene ring substituents is 1. The molecule has 0 bridgehead atoms. The average molecular weight is 480 g/mol. The number of hydrogen-bond acceptors (Lipinski definition) is 8. The molecule has 0 unspecified atom stereocenters. The number of esters is 1. The summed E-state index contributed by atoms with van der Waals surface area (Å²) < 4.78 is 12.4. The number of thiazole rings is 1. The Bertz CT molecular complexity index is 1490. The van der Waals surface area contributed by atoms with Crippen LogP contribution in [0.3, 0.4) is 0 Å². The van der Waals surface area contributed by atoms with Gasteiger partial charge < -0.3 is 9.47 Å². The number of ether oxygens (including phenoxy) is 2. The van der Waals surface area contributed by atoms with E-state index in [1.807, 2.05) is 30.3 Å². The van der Waals surface area contributed by atoms with E-state index in [0.717, 1.165) is 16.9 Å². The number of hydrogen-bond donors (Lipinski definition) is 0. The highest BCUT2D eigenvalue weighted by Gasteiger charge is 2.33. The summed E-state index contributed by atoms with van der Waals surface area (Å²) in [6.45, 7) is 3.62. The fourth-order valence-electron chi connectivity index (χ4n) is 3.83. The third kappa shape index (κ3) is 4.15. The van der Waals surface area contributed by atoms with E-state index < -0.39 is 16.9 Å². The summed E-state index contributed by atoms with van der Waals surface area (Å²) in [6.07, 6.45) is 1.54. The fourth-order valence-corrected chi connectivity index (χ4v) is 4.87. The smallest absolute Gasteiger partial charge is 0.338 e. The van der Waals surface area contributed by atoms with Crippen molar-refractivity contribution >= 4 is 29.1 Å². The monoisotopic (exact) mass is 479 g/mol.